The van der Waals surface area contributed by atoms with Gasteiger partial charge in [-0.1, -0.05) is 31.1 Å². The molecule has 4 bridgehead atoms. The van der Waals surface area contributed by atoms with Crippen molar-refractivity contribution in [3.8, 4) is 17.0 Å². The average molecular weight is 559 g/mol. The Morgan fingerprint density at radius 2 is 1.76 bits per heavy atom. The lowest BCUT2D eigenvalue weighted by molar-refractivity contribution is -0.215. The van der Waals surface area contributed by atoms with Crippen LogP contribution in [-0.4, -0.2) is 40.4 Å². The zero-order valence-corrected chi connectivity index (χ0v) is 24.3. The number of carbonyl (C=O) groups is 1. The SMILES string of the molecule is COc1ccc(-c2cccc(N(CC34CCC(c5nc(C(C)C)no5)(CC3)CC4)C(=O)CC34CC(F)(C3)C4)c2)cn1. The number of methoxy groups -OCH3 is 1. The fourth-order valence-electron chi connectivity index (χ4n) is 8.15. The van der Waals surface area contributed by atoms with E-state index in [1.54, 1.807) is 13.3 Å². The molecule has 6 fully saturated rings. The molecule has 0 N–H and O–H groups in total. The number of aromatic nitrogens is 3. The summed E-state index contributed by atoms with van der Waals surface area (Å²) in [6, 6.07) is 12.0. The first-order valence-corrected chi connectivity index (χ1v) is 15.1. The second kappa shape index (κ2) is 9.36. The summed E-state index contributed by atoms with van der Waals surface area (Å²) in [6.07, 6.45) is 9.91. The molecule has 0 unspecified atom stereocenters. The quantitative estimate of drug-likeness (QED) is 0.277. The molecule has 6 saturated carbocycles. The van der Waals surface area contributed by atoms with E-state index in [1.807, 2.05) is 35.2 Å². The van der Waals surface area contributed by atoms with Gasteiger partial charge in [-0.3, -0.25) is 4.79 Å². The molecule has 216 valence electrons. The lowest BCUT2D eigenvalue weighted by Gasteiger charge is -2.66. The molecule has 0 atom stereocenters. The molecule has 6 aliphatic carbocycles. The predicted molar refractivity (Wildman–Crippen MR) is 154 cm³/mol. The second-order valence-corrected chi connectivity index (χ2v) is 13.9. The highest BCUT2D eigenvalue weighted by Gasteiger charge is 2.69. The molecule has 3 aromatic rings. The first kappa shape index (κ1) is 26.6. The topological polar surface area (TPSA) is 81.4 Å². The van der Waals surface area contributed by atoms with Crippen LogP contribution in [0.15, 0.2) is 47.1 Å². The van der Waals surface area contributed by atoms with Crippen LogP contribution in [0.1, 0.15) is 95.7 Å². The lowest BCUT2D eigenvalue weighted by atomic mass is 9.41. The smallest absolute Gasteiger partial charge is 0.232 e. The highest BCUT2D eigenvalue weighted by molar-refractivity contribution is 5.95. The number of rotatable bonds is 9. The molecule has 8 heteroatoms. The van der Waals surface area contributed by atoms with Gasteiger partial charge in [-0.25, -0.2) is 9.37 Å². The van der Waals surface area contributed by atoms with Gasteiger partial charge in [0.15, 0.2) is 5.82 Å². The second-order valence-electron chi connectivity index (χ2n) is 13.9. The number of nitrogens with zero attached hydrogens (tertiary/aromatic N) is 4. The largest absolute Gasteiger partial charge is 0.481 e. The minimum Gasteiger partial charge on any atom is -0.481 e. The monoisotopic (exact) mass is 558 g/mol. The molecule has 6 aliphatic rings. The Bertz CT molecular complexity index is 1420. The van der Waals surface area contributed by atoms with E-state index in [0.29, 0.717) is 38.1 Å². The van der Waals surface area contributed by atoms with E-state index in [0.717, 1.165) is 67.1 Å². The van der Waals surface area contributed by atoms with Crippen LogP contribution in [0.5, 0.6) is 5.88 Å². The summed E-state index contributed by atoms with van der Waals surface area (Å²) in [5.41, 5.74) is 1.74. The van der Waals surface area contributed by atoms with Gasteiger partial charge in [0, 0.05) is 47.8 Å². The first-order valence-electron chi connectivity index (χ1n) is 15.1. The zero-order chi connectivity index (χ0) is 28.5. The maximum Gasteiger partial charge on any atom is 0.232 e. The van der Waals surface area contributed by atoms with Gasteiger partial charge in [0.05, 0.1) is 7.11 Å². The summed E-state index contributed by atoms with van der Waals surface area (Å²) < 4.78 is 25.4. The number of carbonyl (C=O) groups excluding carboxylic acids is 1. The van der Waals surface area contributed by atoms with Gasteiger partial charge in [0.1, 0.15) is 5.67 Å². The molecule has 41 heavy (non-hydrogen) atoms. The maximum atomic E-state index is 14.3. The minimum absolute atomic E-state index is 0.0424. The van der Waals surface area contributed by atoms with E-state index in [2.05, 4.69) is 30.1 Å². The average Bonchev–Trinajstić information content (AvgIpc) is 3.48. The van der Waals surface area contributed by atoms with Crippen molar-refractivity contribution >= 4 is 11.6 Å². The number of fused-ring (bicyclic) bond motifs is 3. The molecule has 1 amide bonds. The third-order valence-corrected chi connectivity index (χ3v) is 10.6. The number of ether oxygens (including phenoxy) is 1. The van der Waals surface area contributed by atoms with Crippen LogP contribution in [0.2, 0.25) is 0 Å². The normalized spacial score (nSPS) is 31.4. The highest BCUT2D eigenvalue weighted by atomic mass is 19.1. The predicted octanol–water partition coefficient (Wildman–Crippen LogP) is 7.17. The van der Waals surface area contributed by atoms with E-state index in [1.165, 1.54) is 0 Å². The minimum atomic E-state index is -1.01. The van der Waals surface area contributed by atoms with Crippen LogP contribution in [0, 0.1) is 10.8 Å². The Morgan fingerprint density at radius 3 is 2.34 bits per heavy atom. The van der Waals surface area contributed by atoms with Gasteiger partial charge in [0.25, 0.3) is 0 Å². The summed E-state index contributed by atoms with van der Waals surface area (Å²) in [5, 5.41) is 4.25. The van der Waals surface area contributed by atoms with Crippen molar-refractivity contribution in [2.24, 2.45) is 10.8 Å². The van der Waals surface area contributed by atoms with E-state index in [9.17, 15) is 9.18 Å². The summed E-state index contributed by atoms with van der Waals surface area (Å²) in [6.45, 7) is 4.86. The number of hydrogen-bond acceptors (Lipinski definition) is 6. The zero-order valence-electron chi connectivity index (χ0n) is 24.3. The van der Waals surface area contributed by atoms with Gasteiger partial charge >= 0.3 is 0 Å². The van der Waals surface area contributed by atoms with Crippen LogP contribution < -0.4 is 9.64 Å². The van der Waals surface area contributed by atoms with Gasteiger partial charge in [-0.15, -0.1) is 0 Å². The fraction of sp³-hybridized carbons (Fsp3) is 0.576. The summed E-state index contributed by atoms with van der Waals surface area (Å²) in [7, 11) is 1.60. The highest BCUT2D eigenvalue weighted by Crippen LogP contribution is 2.71. The Morgan fingerprint density at radius 1 is 1.02 bits per heavy atom. The third kappa shape index (κ3) is 4.54. The lowest BCUT2D eigenvalue weighted by Crippen LogP contribution is -2.65. The molecule has 0 saturated heterocycles. The van der Waals surface area contributed by atoms with Gasteiger partial charge in [-0.05, 0) is 92.4 Å². The first-order chi connectivity index (χ1) is 19.6. The number of anilines is 1. The van der Waals surface area contributed by atoms with Crippen molar-refractivity contribution in [1.29, 1.82) is 0 Å². The Balaban J connectivity index is 1.14. The molecule has 0 radical (unpaired) electrons. The Labute approximate surface area is 240 Å². The van der Waals surface area contributed by atoms with E-state index in [4.69, 9.17) is 14.2 Å². The van der Waals surface area contributed by atoms with E-state index in [-0.39, 0.29) is 28.1 Å². The van der Waals surface area contributed by atoms with Gasteiger partial charge in [-0.2, -0.15) is 4.98 Å². The molecular weight excluding hydrogens is 519 g/mol. The van der Waals surface area contributed by atoms with Gasteiger partial charge in [0.2, 0.25) is 17.7 Å². The number of benzene rings is 1. The maximum absolute atomic E-state index is 14.3. The fourth-order valence-corrected chi connectivity index (χ4v) is 8.15. The molecule has 1 aromatic carbocycles. The Kier molecular flexibility index (Phi) is 6.07. The van der Waals surface area contributed by atoms with Crippen LogP contribution >= 0.6 is 0 Å². The molecule has 0 spiro atoms. The van der Waals surface area contributed by atoms with Crippen LogP contribution in [0.25, 0.3) is 11.1 Å². The van der Waals surface area contributed by atoms with Gasteiger partial charge < -0.3 is 14.2 Å². The summed E-state index contributed by atoms with van der Waals surface area (Å²) in [5.74, 6) is 2.51. The summed E-state index contributed by atoms with van der Waals surface area (Å²) in [4.78, 5) is 25.2. The standard InChI is InChI=1S/C33H39FN4O3/c1-22(2)28-36-29(41-37-28)32-12-9-30(10-13-32,11-14-32)21-38(27(39)16-31-18-33(34,19-31)20-31)25-6-4-5-23(15-25)24-7-8-26(40-3)35-17-24/h4-8,15,17,22H,9-14,16,18-21H2,1-3H3. The molecule has 9 rings (SSSR count). The van der Waals surface area contributed by atoms with E-state index < -0.39 is 5.67 Å². The molecule has 2 heterocycles. The molecule has 2 aromatic heterocycles. The van der Waals surface area contributed by atoms with Crippen molar-refractivity contribution in [3.63, 3.8) is 0 Å². The van der Waals surface area contributed by atoms with Crippen molar-refractivity contribution in [2.75, 3.05) is 18.6 Å². The van der Waals surface area contributed by atoms with Crippen LogP contribution in [0.3, 0.4) is 0 Å². The van der Waals surface area contributed by atoms with Crippen LogP contribution in [0.4, 0.5) is 10.1 Å². The van der Waals surface area contributed by atoms with Crippen LogP contribution in [-0.2, 0) is 10.2 Å². The van der Waals surface area contributed by atoms with Crippen molar-refractivity contribution in [1.82, 2.24) is 15.1 Å². The number of pyridine rings is 1. The Hall–Kier alpha value is -3.29. The number of hydrogen-bond donors (Lipinski definition) is 0. The number of alkyl halides is 1. The summed E-state index contributed by atoms with van der Waals surface area (Å²) >= 11 is 0. The van der Waals surface area contributed by atoms with E-state index >= 15 is 0 Å². The molecule has 0 aliphatic heterocycles. The molecular formula is C33H39FN4O3. The molecule has 7 nitrogen and oxygen atoms in total. The van der Waals surface area contributed by atoms with Crippen molar-refractivity contribution in [3.05, 3.63) is 54.3 Å². The number of amides is 1. The van der Waals surface area contributed by atoms with Crippen molar-refractivity contribution < 1.29 is 18.4 Å². The van der Waals surface area contributed by atoms with Crippen molar-refractivity contribution in [2.45, 2.75) is 95.1 Å². The third-order valence-electron chi connectivity index (χ3n) is 10.6. The number of halogens is 1.